The lowest BCUT2D eigenvalue weighted by atomic mass is 9.88. The van der Waals surface area contributed by atoms with Crippen LogP contribution in [0.3, 0.4) is 0 Å². The van der Waals surface area contributed by atoms with Gasteiger partial charge in [-0.2, -0.15) is 4.39 Å². The van der Waals surface area contributed by atoms with Crippen molar-refractivity contribution in [2.75, 3.05) is 19.8 Å². The molecule has 0 bridgehead atoms. The highest BCUT2D eigenvalue weighted by molar-refractivity contribution is 5.82. The first-order valence-corrected chi connectivity index (χ1v) is 6.76. The summed E-state index contributed by atoms with van der Waals surface area (Å²) in [5.74, 6) is -0.594. The fraction of sp³-hybridized carbons (Fsp3) is 0.571. The average molecular weight is 280 g/mol. The standard InChI is InChI=1S/C14H17FN2O3/c1-14(5-7-19-9-14)13(18)17-11(4-6-20-17)10-2-3-12(15)16-8-10/h2-3,8,11H,4-7,9H2,1H3/t11-,14-/m0/s1. The van der Waals surface area contributed by atoms with E-state index in [1.165, 1.54) is 17.3 Å². The highest BCUT2D eigenvalue weighted by Crippen LogP contribution is 2.37. The molecule has 0 radical (unpaired) electrons. The predicted molar refractivity (Wildman–Crippen MR) is 67.9 cm³/mol. The van der Waals surface area contributed by atoms with E-state index in [1.54, 1.807) is 6.07 Å². The minimum Gasteiger partial charge on any atom is -0.380 e. The summed E-state index contributed by atoms with van der Waals surface area (Å²) in [7, 11) is 0. The Labute approximate surface area is 116 Å². The fourth-order valence-electron chi connectivity index (χ4n) is 2.66. The number of hydrogen-bond acceptors (Lipinski definition) is 4. The van der Waals surface area contributed by atoms with Gasteiger partial charge in [0.15, 0.2) is 0 Å². The van der Waals surface area contributed by atoms with Gasteiger partial charge >= 0.3 is 0 Å². The van der Waals surface area contributed by atoms with Crippen LogP contribution in [0, 0.1) is 11.4 Å². The topological polar surface area (TPSA) is 51.7 Å². The molecule has 2 atom stereocenters. The molecule has 0 N–H and O–H groups in total. The number of pyridine rings is 1. The molecule has 0 aromatic carbocycles. The maximum absolute atomic E-state index is 12.9. The number of aromatic nitrogens is 1. The van der Waals surface area contributed by atoms with Crippen LogP contribution in [0.4, 0.5) is 4.39 Å². The summed E-state index contributed by atoms with van der Waals surface area (Å²) >= 11 is 0. The summed E-state index contributed by atoms with van der Waals surface area (Å²) in [6.45, 7) is 3.38. The number of rotatable bonds is 2. The highest BCUT2D eigenvalue weighted by atomic mass is 19.1. The van der Waals surface area contributed by atoms with Crippen molar-refractivity contribution >= 4 is 5.91 Å². The van der Waals surface area contributed by atoms with Crippen LogP contribution in [0.5, 0.6) is 0 Å². The minimum atomic E-state index is -0.532. The molecule has 3 heterocycles. The molecule has 0 aliphatic carbocycles. The Bertz CT molecular complexity index is 500. The molecule has 20 heavy (non-hydrogen) atoms. The summed E-state index contributed by atoms with van der Waals surface area (Å²) in [4.78, 5) is 21.8. The minimum absolute atomic E-state index is 0.0678. The van der Waals surface area contributed by atoms with E-state index in [0.717, 1.165) is 5.56 Å². The van der Waals surface area contributed by atoms with Gasteiger partial charge in [-0.05, 0) is 25.0 Å². The Kier molecular flexibility index (Phi) is 3.43. The highest BCUT2D eigenvalue weighted by Gasteiger charge is 2.45. The molecule has 0 spiro atoms. The Morgan fingerprint density at radius 2 is 2.35 bits per heavy atom. The molecule has 2 fully saturated rings. The van der Waals surface area contributed by atoms with Crippen molar-refractivity contribution in [3.8, 4) is 0 Å². The third kappa shape index (κ3) is 2.29. The van der Waals surface area contributed by atoms with E-state index in [-0.39, 0.29) is 11.9 Å². The predicted octanol–water partition coefficient (Wildman–Crippen LogP) is 1.85. The quantitative estimate of drug-likeness (QED) is 0.776. The molecule has 0 unspecified atom stereocenters. The number of nitrogens with zero attached hydrogens (tertiary/aromatic N) is 2. The van der Waals surface area contributed by atoms with Gasteiger partial charge < -0.3 is 4.74 Å². The zero-order valence-corrected chi connectivity index (χ0v) is 11.3. The molecule has 2 saturated heterocycles. The number of amides is 1. The largest absolute Gasteiger partial charge is 0.380 e. The van der Waals surface area contributed by atoms with Crippen LogP contribution in [-0.4, -0.2) is 35.8 Å². The monoisotopic (exact) mass is 280 g/mol. The number of ether oxygens (including phenoxy) is 1. The van der Waals surface area contributed by atoms with Gasteiger partial charge in [0.25, 0.3) is 5.91 Å². The van der Waals surface area contributed by atoms with Gasteiger partial charge in [-0.15, -0.1) is 0 Å². The van der Waals surface area contributed by atoms with Gasteiger partial charge in [-0.3, -0.25) is 9.63 Å². The van der Waals surface area contributed by atoms with E-state index in [1.807, 2.05) is 6.92 Å². The number of hydroxylamine groups is 2. The van der Waals surface area contributed by atoms with Crippen molar-refractivity contribution in [2.45, 2.75) is 25.8 Å². The summed E-state index contributed by atoms with van der Waals surface area (Å²) in [5.41, 5.74) is 0.260. The van der Waals surface area contributed by atoms with E-state index in [2.05, 4.69) is 4.98 Å². The second-order valence-electron chi connectivity index (χ2n) is 5.55. The molecule has 1 amide bonds. The van der Waals surface area contributed by atoms with Crippen LogP contribution in [0.1, 0.15) is 31.4 Å². The first-order chi connectivity index (χ1) is 9.60. The van der Waals surface area contributed by atoms with Gasteiger partial charge in [0.2, 0.25) is 5.95 Å². The van der Waals surface area contributed by atoms with Crippen LogP contribution < -0.4 is 0 Å². The van der Waals surface area contributed by atoms with Crippen molar-refractivity contribution < 1.29 is 18.8 Å². The Morgan fingerprint density at radius 1 is 1.50 bits per heavy atom. The zero-order valence-electron chi connectivity index (χ0n) is 11.3. The SMILES string of the molecule is C[C@]1(C(=O)N2OCC[C@H]2c2ccc(F)nc2)CCOC1. The first kappa shape index (κ1) is 13.5. The van der Waals surface area contributed by atoms with E-state index in [9.17, 15) is 9.18 Å². The second kappa shape index (κ2) is 5.10. The molecule has 3 rings (SSSR count). The normalized spacial score (nSPS) is 29.9. The summed E-state index contributed by atoms with van der Waals surface area (Å²) in [5, 5.41) is 1.42. The second-order valence-corrected chi connectivity index (χ2v) is 5.55. The molecule has 1 aromatic rings. The summed E-state index contributed by atoms with van der Waals surface area (Å²) in [6.07, 6.45) is 2.85. The van der Waals surface area contributed by atoms with Crippen LogP contribution >= 0.6 is 0 Å². The van der Waals surface area contributed by atoms with Gasteiger partial charge in [-0.1, -0.05) is 6.07 Å². The molecule has 2 aliphatic heterocycles. The number of halogens is 1. The molecular formula is C14H17FN2O3. The number of carbonyl (C=O) groups excluding carboxylic acids is 1. The third-order valence-corrected chi connectivity index (χ3v) is 3.98. The van der Waals surface area contributed by atoms with Gasteiger partial charge in [0, 0.05) is 19.2 Å². The Hall–Kier alpha value is -1.53. The first-order valence-electron chi connectivity index (χ1n) is 6.76. The maximum atomic E-state index is 12.9. The van der Waals surface area contributed by atoms with Crippen LogP contribution in [-0.2, 0) is 14.4 Å². The van der Waals surface area contributed by atoms with E-state index < -0.39 is 11.4 Å². The molecule has 0 saturated carbocycles. The lowest BCUT2D eigenvalue weighted by Gasteiger charge is -2.30. The van der Waals surface area contributed by atoms with Gasteiger partial charge in [0.1, 0.15) is 0 Å². The lowest BCUT2D eigenvalue weighted by molar-refractivity contribution is -0.187. The van der Waals surface area contributed by atoms with E-state index >= 15 is 0 Å². The molecule has 5 nitrogen and oxygen atoms in total. The Balaban J connectivity index is 1.81. The fourth-order valence-corrected chi connectivity index (χ4v) is 2.66. The number of carbonyl (C=O) groups is 1. The smallest absolute Gasteiger partial charge is 0.255 e. The van der Waals surface area contributed by atoms with E-state index in [4.69, 9.17) is 9.57 Å². The number of hydrogen-bond donors (Lipinski definition) is 0. The van der Waals surface area contributed by atoms with Crippen molar-refractivity contribution in [3.05, 3.63) is 29.8 Å². The molecule has 1 aromatic heterocycles. The molecule has 2 aliphatic rings. The van der Waals surface area contributed by atoms with Crippen molar-refractivity contribution in [2.24, 2.45) is 5.41 Å². The zero-order chi connectivity index (χ0) is 14.2. The van der Waals surface area contributed by atoms with Crippen LogP contribution in [0.2, 0.25) is 0 Å². The molecule has 6 heteroatoms. The van der Waals surface area contributed by atoms with Crippen molar-refractivity contribution in [1.29, 1.82) is 0 Å². The maximum Gasteiger partial charge on any atom is 0.255 e. The summed E-state index contributed by atoms with van der Waals surface area (Å²) < 4.78 is 18.2. The molecular weight excluding hydrogens is 263 g/mol. The summed E-state index contributed by atoms with van der Waals surface area (Å²) in [6, 6.07) is 2.75. The van der Waals surface area contributed by atoms with Crippen LogP contribution in [0.15, 0.2) is 18.3 Å². The van der Waals surface area contributed by atoms with Crippen molar-refractivity contribution in [3.63, 3.8) is 0 Å². The van der Waals surface area contributed by atoms with Crippen LogP contribution in [0.25, 0.3) is 0 Å². The van der Waals surface area contributed by atoms with E-state index in [0.29, 0.717) is 32.7 Å². The van der Waals surface area contributed by atoms with Gasteiger partial charge in [-0.25, -0.2) is 10.0 Å². The average Bonchev–Trinajstić information content (AvgIpc) is 3.08. The Morgan fingerprint density at radius 3 is 3.00 bits per heavy atom. The lowest BCUT2D eigenvalue weighted by Crippen LogP contribution is -2.41. The van der Waals surface area contributed by atoms with Gasteiger partial charge in [0.05, 0.1) is 24.7 Å². The molecule has 108 valence electrons. The third-order valence-electron chi connectivity index (χ3n) is 3.98. The van der Waals surface area contributed by atoms with Crippen molar-refractivity contribution in [1.82, 2.24) is 10.0 Å².